The van der Waals surface area contributed by atoms with Gasteiger partial charge in [0.2, 0.25) is 0 Å². The minimum absolute atomic E-state index is 0.0323. The van der Waals surface area contributed by atoms with E-state index in [1.807, 2.05) is 24.3 Å². The van der Waals surface area contributed by atoms with Crippen molar-refractivity contribution in [3.63, 3.8) is 0 Å². The van der Waals surface area contributed by atoms with Crippen LogP contribution >= 0.6 is 0 Å². The molecule has 0 fully saturated rings. The van der Waals surface area contributed by atoms with Crippen molar-refractivity contribution in [3.05, 3.63) is 53.5 Å². The van der Waals surface area contributed by atoms with Crippen LogP contribution in [0.1, 0.15) is 46.4 Å². The first-order valence-electron chi connectivity index (χ1n) is 6.90. The average Bonchev–Trinajstić information content (AvgIpc) is 2.97. The second-order valence-corrected chi connectivity index (χ2v) is 4.78. The van der Waals surface area contributed by atoms with E-state index >= 15 is 0 Å². The third-order valence-corrected chi connectivity index (χ3v) is 3.10. The Morgan fingerprint density at radius 2 is 1.76 bits per heavy atom. The lowest BCUT2D eigenvalue weighted by molar-refractivity contribution is 0.0960. The Bertz CT molecular complexity index is 629. The Kier molecular flexibility index (Phi) is 4.77. The second kappa shape index (κ2) is 6.74. The van der Waals surface area contributed by atoms with Crippen LogP contribution in [0.2, 0.25) is 0 Å². The Hall–Kier alpha value is -2.56. The summed E-state index contributed by atoms with van der Waals surface area (Å²) < 4.78 is 5.07. The molecule has 1 aromatic carbocycles. The van der Waals surface area contributed by atoms with Gasteiger partial charge in [-0.15, -0.1) is 0 Å². The van der Waals surface area contributed by atoms with Gasteiger partial charge in [-0.25, -0.2) is 0 Å². The molecule has 110 valence electrons. The second-order valence-electron chi connectivity index (χ2n) is 4.78. The fourth-order valence-electron chi connectivity index (χ4n) is 1.92. The number of furan rings is 1. The number of nitrogens with one attached hydrogen (secondary N) is 1. The van der Waals surface area contributed by atoms with Gasteiger partial charge in [-0.1, -0.05) is 25.5 Å². The van der Waals surface area contributed by atoms with E-state index in [1.54, 1.807) is 0 Å². The zero-order valence-corrected chi connectivity index (χ0v) is 11.9. The summed E-state index contributed by atoms with van der Waals surface area (Å²) in [5.41, 5.74) is 6.99. The molecule has 0 atom stereocenters. The summed E-state index contributed by atoms with van der Waals surface area (Å²) in [5, 5.41) is 2.71. The minimum atomic E-state index is -0.700. The number of amides is 2. The summed E-state index contributed by atoms with van der Waals surface area (Å²) in [4.78, 5) is 22.9. The van der Waals surface area contributed by atoms with Crippen molar-refractivity contribution in [3.8, 4) is 0 Å². The van der Waals surface area contributed by atoms with Crippen LogP contribution in [0.5, 0.6) is 0 Å². The van der Waals surface area contributed by atoms with Crippen molar-refractivity contribution in [1.29, 1.82) is 0 Å². The molecular formula is C16H18N2O3. The van der Waals surface area contributed by atoms with E-state index in [-0.39, 0.29) is 11.5 Å². The number of unbranched alkanes of at least 4 members (excludes halogenated alkanes) is 1. The summed E-state index contributed by atoms with van der Waals surface area (Å²) in [5.74, 6) is -1.09. The monoisotopic (exact) mass is 286 g/mol. The number of benzene rings is 1. The molecule has 2 rings (SSSR count). The average molecular weight is 286 g/mol. The molecule has 0 aliphatic rings. The summed E-state index contributed by atoms with van der Waals surface area (Å²) in [7, 11) is 0. The fraction of sp³-hybridized carbons (Fsp3) is 0.250. The third kappa shape index (κ3) is 3.95. The van der Waals surface area contributed by atoms with E-state index < -0.39 is 11.8 Å². The predicted octanol–water partition coefficient (Wildman–Crippen LogP) is 2.97. The normalized spacial score (nSPS) is 10.3. The number of hydrogen-bond acceptors (Lipinski definition) is 3. The van der Waals surface area contributed by atoms with Crippen LogP contribution in [-0.2, 0) is 6.42 Å². The Balaban J connectivity index is 2.00. The molecular weight excluding hydrogens is 268 g/mol. The van der Waals surface area contributed by atoms with Gasteiger partial charge in [0.25, 0.3) is 11.8 Å². The van der Waals surface area contributed by atoms with Crippen LogP contribution < -0.4 is 11.1 Å². The summed E-state index contributed by atoms with van der Waals surface area (Å²) >= 11 is 0. The van der Waals surface area contributed by atoms with Crippen molar-refractivity contribution < 1.29 is 14.0 Å². The van der Waals surface area contributed by atoms with Crippen LogP contribution in [0, 0.1) is 0 Å². The van der Waals surface area contributed by atoms with Gasteiger partial charge in [-0.3, -0.25) is 9.59 Å². The van der Waals surface area contributed by atoms with Gasteiger partial charge in [0, 0.05) is 5.69 Å². The van der Waals surface area contributed by atoms with E-state index in [9.17, 15) is 9.59 Å². The zero-order chi connectivity index (χ0) is 15.2. The van der Waals surface area contributed by atoms with Gasteiger partial charge < -0.3 is 15.5 Å². The highest BCUT2D eigenvalue weighted by molar-refractivity contribution is 6.03. The van der Waals surface area contributed by atoms with Crippen molar-refractivity contribution in [2.45, 2.75) is 26.2 Å². The highest BCUT2D eigenvalue weighted by Gasteiger charge is 2.13. The smallest absolute Gasteiger partial charge is 0.291 e. The largest absolute Gasteiger partial charge is 0.446 e. The van der Waals surface area contributed by atoms with E-state index in [2.05, 4.69) is 12.2 Å². The molecule has 2 aromatic rings. The standard InChI is InChI=1S/C16H18N2O3/c1-2-3-4-11-5-7-12(8-6-11)18-16(20)14-10-9-13(21-14)15(17)19/h5-10H,2-4H2,1H3,(H2,17,19)(H,18,20). The van der Waals surface area contributed by atoms with E-state index in [0.29, 0.717) is 5.69 Å². The molecule has 0 saturated heterocycles. The summed E-state index contributed by atoms with van der Waals surface area (Å²) in [6, 6.07) is 10.5. The lowest BCUT2D eigenvalue weighted by atomic mass is 10.1. The molecule has 1 aromatic heterocycles. The maximum atomic E-state index is 11.9. The van der Waals surface area contributed by atoms with Crippen molar-refractivity contribution in [1.82, 2.24) is 0 Å². The zero-order valence-electron chi connectivity index (χ0n) is 11.9. The molecule has 3 N–H and O–H groups in total. The Morgan fingerprint density at radius 3 is 2.33 bits per heavy atom. The van der Waals surface area contributed by atoms with Crippen LogP contribution in [0.4, 0.5) is 5.69 Å². The number of aryl methyl sites for hydroxylation is 1. The number of nitrogens with two attached hydrogens (primary N) is 1. The highest BCUT2D eigenvalue weighted by atomic mass is 16.4. The number of carbonyl (C=O) groups is 2. The van der Waals surface area contributed by atoms with Gasteiger partial charge >= 0.3 is 0 Å². The fourth-order valence-corrected chi connectivity index (χ4v) is 1.92. The van der Waals surface area contributed by atoms with Gasteiger partial charge in [-0.2, -0.15) is 0 Å². The van der Waals surface area contributed by atoms with Gasteiger partial charge in [0.15, 0.2) is 11.5 Å². The quantitative estimate of drug-likeness (QED) is 0.856. The van der Waals surface area contributed by atoms with E-state index in [0.717, 1.165) is 19.3 Å². The SMILES string of the molecule is CCCCc1ccc(NC(=O)c2ccc(C(N)=O)o2)cc1. The molecule has 0 bridgehead atoms. The molecule has 5 nitrogen and oxygen atoms in total. The predicted molar refractivity (Wildman–Crippen MR) is 80.2 cm³/mol. The van der Waals surface area contributed by atoms with Crippen LogP contribution in [0.3, 0.4) is 0 Å². The maximum Gasteiger partial charge on any atom is 0.291 e. The molecule has 0 radical (unpaired) electrons. The number of hydrogen-bond donors (Lipinski definition) is 2. The molecule has 0 aliphatic carbocycles. The molecule has 0 saturated carbocycles. The van der Waals surface area contributed by atoms with Crippen LogP contribution in [0.25, 0.3) is 0 Å². The molecule has 0 spiro atoms. The third-order valence-electron chi connectivity index (χ3n) is 3.10. The lowest BCUT2D eigenvalue weighted by Gasteiger charge is -2.05. The lowest BCUT2D eigenvalue weighted by Crippen LogP contribution is -2.12. The first-order valence-corrected chi connectivity index (χ1v) is 6.90. The molecule has 5 heteroatoms. The molecule has 1 heterocycles. The minimum Gasteiger partial charge on any atom is -0.446 e. The first kappa shape index (κ1) is 14.8. The number of anilines is 1. The maximum absolute atomic E-state index is 11.9. The van der Waals surface area contributed by atoms with Gasteiger partial charge in [0.1, 0.15) is 0 Å². The Labute approximate surface area is 123 Å². The van der Waals surface area contributed by atoms with Gasteiger partial charge in [-0.05, 0) is 42.7 Å². The number of carbonyl (C=O) groups excluding carboxylic acids is 2. The summed E-state index contributed by atoms with van der Waals surface area (Å²) in [6.07, 6.45) is 3.33. The van der Waals surface area contributed by atoms with Crippen molar-refractivity contribution in [2.75, 3.05) is 5.32 Å². The molecule has 0 aliphatic heterocycles. The van der Waals surface area contributed by atoms with Crippen molar-refractivity contribution in [2.24, 2.45) is 5.73 Å². The van der Waals surface area contributed by atoms with E-state index in [1.165, 1.54) is 17.7 Å². The Morgan fingerprint density at radius 1 is 1.10 bits per heavy atom. The van der Waals surface area contributed by atoms with Gasteiger partial charge in [0.05, 0.1) is 0 Å². The number of rotatable bonds is 6. The van der Waals surface area contributed by atoms with E-state index in [4.69, 9.17) is 10.2 Å². The topological polar surface area (TPSA) is 85.3 Å². The van der Waals surface area contributed by atoms with Crippen LogP contribution in [0.15, 0.2) is 40.8 Å². The van der Waals surface area contributed by atoms with Crippen LogP contribution in [-0.4, -0.2) is 11.8 Å². The molecule has 2 amide bonds. The first-order chi connectivity index (χ1) is 10.1. The highest BCUT2D eigenvalue weighted by Crippen LogP contribution is 2.14. The number of primary amides is 1. The molecule has 0 unspecified atom stereocenters. The van der Waals surface area contributed by atoms with Crippen molar-refractivity contribution >= 4 is 17.5 Å². The molecule has 21 heavy (non-hydrogen) atoms. The summed E-state index contributed by atoms with van der Waals surface area (Å²) in [6.45, 7) is 2.15.